The predicted molar refractivity (Wildman–Crippen MR) is 122 cm³/mol. The molecule has 4 rings (SSSR count). The van der Waals surface area contributed by atoms with Crippen LogP contribution >= 0.6 is 0 Å². The highest BCUT2D eigenvalue weighted by Gasteiger charge is 2.28. The number of hydrogen-bond donors (Lipinski definition) is 2. The second kappa shape index (κ2) is 8.27. The third-order valence-electron chi connectivity index (χ3n) is 5.81. The maximum atomic E-state index is 12.9. The zero-order valence-corrected chi connectivity index (χ0v) is 18.0. The van der Waals surface area contributed by atoms with E-state index >= 15 is 0 Å². The number of nitrogens with one attached hydrogen (secondary N) is 2. The molecule has 3 aromatic rings. The first-order chi connectivity index (χ1) is 14.4. The van der Waals surface area contributed by atoms with Gasteiger partial charge in [-0.1, -0.05) is 38.1 Å². The molecule has 0 bridgehead atoms. The number of aromatic nitrogens is 2. The second-order valence-electron chi connectivity index (χ2n) is 8.20. The Morgan fingerprint density at radius 1 is 1.00 bits per heavy atom. The quantitative estimate of drug-likeness (QED) is 0.557. The summed E-state index contributed by atoms with van der Waals surface area (Å²) in [7, 11) is 0. The molecule has 1 aromatic heterocycles. The van der Waals surface area contributed by atoms with Crippen molar-refractivity contribution in [1.29, 1.82) is 0 Å². The summed E-state index contributed by atoms with van der Waals surface area (Å²) in [5, 5.41) is 6.73. The molecule has 2 N–H and O–H groups in total. The summed E-state index contributed by atoms with van der Waals surface area (Å²) < 4.78 is 0. The van der Waals surface area contributed by atoms with E-state index in [0.717, 1.165) is 35.5 Å². The third-order valence-corrected chi connectivity index (χ3v) is 5.81. The van der Waals surface area contributed by atoms with Gasteiger partial charge >= 0.3 is 0 Å². The van der Waals surface area contributed by atoms with Gasteiger partial charge in [0.05, 0.1) is 11.3 Å². The lowest BCUT2D eigenvalue weighted by molar-refractivity contribution is 0.0953. The van der Waals surface area contributed by atoms with Gasteiger partial charge in [0.25, 0.3) is 0 Å². The van der Waals surface area contributed by atoms with Gasteiger partial charge in [-0.05, 0) is 67.5 Å². The van der Waals surface area contributed by atoms with Gasteiger partial charge in [-0.2, -0.15) is 4.98 Å². The van der Waals surface area contributed by atoms with Crippen LogP contribution in [0.15, 0.2) is 42.5 Å². The van der Waals surface area contributed by atoms with E-state index in [1.165, 1.54) is 11.1 Å². The zero-order valence-electron chi connectivity index (χ0n) is 18.0. The molecule has 5 nitrogen and oxygen atoms in total. The largest absolute Gasteiger partial charge is 0.339 e. The van der Waals surface area contributed by atoms with E-state index in [-0.39, 0.29) is 11.7 Å². The highest BCUT2D eigenvalue weighted by atomic mass is 16.1. The summed E-state index contributed by atoms with van der Waals surface area (Å²) in [6.45, 7) is 8.38. The lowest BCUT2D eigenvalue weighted by atomic mass is 9.87. The number of anilines is 4. The summed E-state index contributed by atoms with van der Waals surface area (Å²) in [6.07, 6.45) is 2.30. The van der Waals surface area contributed by atoms with Crippen molar-refractivity contribution in [3.05, 3.63) is 70.4 Å². The van der Waals surface area contributed by atoms with E-state index in [4.69, 9.17) is 9.97 Å². The van der Waals surface area contributed by atoms with Gasteiger partial charge in [-0.15, -0.1) is 0 Å². The van der Waals surface area contributed by atoms with Gasteiger partial charge in [0.15, 0.2) is 5.78 Å². The number of carbonyl (C=O) groups is 1. The minimum atomic E-state index is 0.107. The van der Waals surface area contributed by atoms with Crippen molar-refractivity contribution in [3.63, 3.8) is 0 Å². The highest BCUT2D eigenvalue weighted by Crippen LogP contribution is 2.33. The fourth-order valence-corrected chi connectivity index (χ4v) is 3.88. The Kier molecular flexibility index (Phi) is 5.53. The normalized spacial score (nSPS) is 15.6. The molecule has 0 saturated heterocycles. The summed E-state index contributed by atoms with van der Waals surface area (Å²) in [5.41, 5.74) is 6.95. The van der Waals surface area contributed by atoms with Crippen LogP contribution in [0.2, 0.25) is 0 Å². The van der Waals surface area contributed by atoms with Crippen molar-refractivity contribution >= 4 is 28.9 Å². The van der Waals surface area contributed by atoms with Gasteiger partial charge in [-0.25, -0.2) is 4.98 Å². The summed E-state index contributed by atoms with van der Waals surface area (Å²) >= 11 is 0. The smallest absolute Gasteiger partial charge is 0.229 e. The van der Waals surface area contributed by atoms with Crippen molar-refractivity contribution in [2.45, 2.75) is 47.0 Å². The molecule has 5 heteroatoms. The lowest BCUT2D eigenvalue weighted by Gasteiger charge is -2.23. The number of aryl methyl sites for hydroxylation is 2. The van der Waals surface area contributed by atoms with Crippen LogP contribution in [0, 0.1) is 19.8 Å². The van der Waals surface area contributed by atoms with Crippen molar-refractivity contribution in [2.75, 3.05) is 10.6 Å². The van der Waals surface area contributed by atoms with Gasteiger partial charge in [0.2, 0.25) is 5.95 Å². The third kappa shape index (κ3) is 4.06. The Labute approximate surface area is 178 Å². The average Bonchev–Trinajstić information content (AvgIpc) is 2.71. The maximum absolute atomic E-state index is 12.9. The molecular formula is C25H28N4O. The first-order valence-corrected chi connectivity index (χ1v) is 10.6. The molecule has 1 unspecified atom stereocenters. The zero-order chi connectivity index (χ0) is 21.3. The standard InChI is InChI=1S/C25H28N4O/c1-5-18-9-11-19(12-10-18)26-25-28-21-13-15(2)14-22(30)23(21)24(29-25)27-20-8-6-7-16(3)17(20)4/h6-12,15H,5,13-14H2,1-4H3,(H2,26,27,28,29). The van der Waals surface area contributed by atoms with Crippen molar-refractivity contribution < 1.29 is 4.79 Å². The minimum absolute atomic E-state index is 0.107. The molecule has 0 saturated carbocycles. The fraction of sp³-hybridized carbons (Fsp3) is 0.320. The predicted octanol–water partition coefficient (Wildman–Crippen LogP) is 5.91. The number of Topliss-reactive ketones (excluding diaryl/α,β-unsaturated/α-hetero) is 1. The Morgan fingerprint density at radius 2 is 1.77 bits per heavy atom. The van der Waals surface area contributed by atoms with Crippen LogP contribution in [0.25, 0.3) is 0 Å². The van der Waals surface area contributed by atoms with Crippen LogP contribution in [0.5, 0.6) is 0 Å². The minimum Gasteiger partial charge on any atom is -0.339 e. The molecule has 1 atom stereocenters. The molecule has 2 aromatic carbocycles. The Balaban J connectivity index is 1.75. The van der Waals surface area contributed by atoms with Gasteiger partial charge < -0.3 is 10.6 Å². The topological polar surface area (TPSA) is 66.9 Å². The first kappa shape index (κ1) is 20.1. The highest BCUT2D eigenvalue weighted by molar-refractivity contribution is 6.03. The molecule has 0 spiro atoms. The van der Waals surface area contributed by atoms with Crippen LogP contribution in [0.3, 0.4) is 0 Å². The molecular weight excluding hydrogens is 372 g/mol. The van der Waals surface area contributed by atoms with E-state index in [2.05, 4.69) is 56.5 Å². The van der Waals surface area contributed by atoms with Gasteiger partial charge in [0.1, 0.15) is 5.82 Å². The van der Waals surface area contributed by atoms with Crippen molar-refractivity contribution in [2.24, 2.45) is 5.92 Å². The summed E-state index contributed by atoms with van der Waals surface area (Å²) in [6, 6.07) is 14.4. The van der Waals surface area contributed by atoms with Crippen LogP contribution in [-0.2, 0) is 12.8 Å². The van der Waals surface area contributed by atoms with E-state index in [1.54, 1.807) is 0 Å². The molecule has 0 fully saturated rings. The number of fused-ring (bicyclic) bond motifs is 1. The number of hydrogen-bond acceptors (Lipinski definition) is 5. The van der Waals surface area contributed by atoms with Crippen LogP contribution in [-0.4, -0.2) is 15.8 Å². The number of nitrogens with zero attached hydrogens (tertiary/aromatic N) is 2. The number of carbonyl (C=O) groups excluding carboxylic acids is 1. The monoisotopic (exact) mass is 400 g/mol. The van der Waals surface area contributed by atoms with E-state index in [9.17, 15) is 4.79 Å². The molecule has 1 heterocycles. The van der Waals surface area contributed by atoms with E-state index < -0.39 is 0 Å². The number of ketones is 1. The summed E-state index contributed by atoms with van der Waals surface area (Å²) in [4.78, 5) is 22.3. The maximum Gasteiger partial charge on any atom is 0.229 e. The fourth-order valence-electron chi connectivity index (χ4n) is 3.88. The Hall–Kier alpha value is -3.21. The SMILES string of the molecule is CCc1ccc(Nc2nc3c(c(Nc4cccc(C)c4C)n2)C(=O)CC(C)C3)cc1. The van der Waals surface area contributed by atoms with Crippen molar-refractivity contribution in [1.82, 2.24) is 9.97 Å². The molecule has 1 aliphatic rings. The average molecular weight is 401 g/mol. The van der Waals surface area contributed by atoms with Gasteiger partial charge in [-0.3, -0.25) is 4.79 Å². The summed E-state index contributed by atoms with van der Waals surface area (Å²) in [5.74, 6) is 1.48. The van der Waals surface area contributed by atoms with E-state index in [0.29, 0.717) is 23.8 Å². The second-order valence-corrected chi connectivity index (χ2v) is 8.20. The van der Waals surface area contributed by atoms with Crippen LogP contribution in [0.1, 0.15) is 53.0 Å². The van der Waals surface area contributed by atoms with Gasteiger partial charge in [0, 0.05) is 17.8 Å². The molecule has 30 heavy (non-hydrogen) atoms. The van der Waals surface area contributed by atoms with Crippen molar-refractivity contribution in [3.8, 4) is 0 Å². The Bertz CT molecular complexity index is 1090. The van der Waals surface area contributed by atoms with Crippen LogP contribution in [0.4, 0.5) is 23.1 Å². The Morgan fingerprint density at radius 3 is 2.50 bits per heavy atom. The van der Waals surface area contributed by atoms with Crippen LogP contribution < -0.4 is 10.6 Å². The molecule has 0 radical (unpaired) electrons. The lowest BCUT2D eigenvalue weighted by Crippen LogP contribution is -2.22. The number of benzene rings is 2. The molecule has 154 valence electrons. The van der Waals surface area contributed by atoms with E-state index in [1.807, 2.05) is 24.3 Å². The number of rotatable bonds is 5. The molecule has 1 aliphatic carbocycles. The first-order valence-electron chi connectivity index (χ1n) is 10.6. The molecule has 0 aliphatic heterocycles. The molecule has 0 amide bonds.